The fraction of sp³-hybridized carbons (Fsp3) is 0.364. The van der Waals surface area contributed by atoms with Crippen LogP contribution in [0.15, 0.2) is 18.2 Å². The summed E-state index contributed by atoms with van der Waals surface area (Å²) in [5, 5.41) is 0. The summed E-state index contributed by atoms with van der Waals surface area (Å²) < 4.78 is 0. The van der Waals surface area contributed by atoms with Gasteiger partial charge in [-0.2, -0.15) is 0 Å². The molecule has 0 radical (unpaired) electrons. The van der Waals surface area contributed by atoms with E-state index in [0.29, 0.717) is 0 Å². The Hall–Kier alpha value is -1.31. The van der Waals surface area contributed by atoms with Crippen LogP contribution in [0.2, 0.25) is 0 Å². The molecule has 0 N–H and O–H groups in total. The van der Waals surface area contributed by atoms with Crippen molar-refractivity contribution in [3.05, 3.63) is 29.3 Å². The van der Waals surface area contributed by atoms with Gasteiger partial charge in [0.15, 0.2) is 0 Å². The number of nitrogens with zero attached hydrogens (tertiary/aromatic N) is 1. The third kappa shape index (κ3) is 1.32. The summed E-state index contributed by atoms with van der Waals surface area (Å²) in [6.45, 7) is 4.52. The number of hydrogen-bond acceptors (Lipinski definition) is 1. The molecule has 0 spiro atoms. The first-order valence-corrected chi connectivity index (χ1v) is 4.56. The lowest BCUT2D eigenvalue weighted by Crippen LogP contribution is -2.25. The topological polar surface area (TPSA) is 20.3 Å². The Morgan fingerprint density at radius 3 is 2.92 bits per heavy atom. The molecule has 0 saturated heterocycles. The van der Waals surface area contributed by atoms with Gasteiger partial charge in [0.2, 0.25) is 5.91 Å². The largest absolute Gasteiger partial charge is 0.312 e. The maximum atomic E-state index is 11.2. The molecule has 0 aromatic heterocycles. The van der Waals surface area contributed by atoms with E-state index < -0.39 is 0 Å². The first-order valence-electron chi connectivity index (χ1n) is 4.56. The summed E-state index contributed by atoms with van der Waals surface area (Å²) in [4.78, 5) is 13.1. The Kier molecular flexibility index (Phi) is 1.83. The van der Waals surface area contributed by atoms with E-state index in [9.17, 15) is 4.79 Å². The molecule has 1 aromatic rings. The Morgan fingerprint density at radius 1 is 1.46 bits per heavy atom. The summed E-state index contributed by atoms with van der Waals surface area (Å²) in [6.07, 6.45) is 0.995. The van der Waals surface area contributed by atoms with Crippen LogP contribution in [0.1, 0.15) is 18.1 Å². The highest BCUT2D eigenvalue weighted by atomic mass is 16.2. The van der Waals surface area contributed by atoms with E-state index in [4.69, 9.17) is 0 Å². The van der Waals surface area contributed by atoms with E-state index >= 15 is 0 Å². The molecule has 0 fully saturated rings. The van der Waals surface area contributed by atoms with E-state index in [1.54, 1.807) is 6.92 Å². The molecule has 0 unspecified atom stereocenters. The summed E-state index contributed by atoms with van der Waals surface area (Å²) >= 11 is 0. The lowest BCUT2D eigenvalue weighted by atomic mass is 10.1. The quantitative estimate of drug-likeness (QED) is 0.589. The number of carbonyl (C=O) groups is 1. The third-order valence-corrected chi connectivity index (χ3v) is 2.52. The van der Waals surface area contributed by atoms with Gasteiger partial charge in [-0.15, -0.1) is 0 Å². The molecule has 2 rings (SSSR count). The van der Waals surface area contributed by atoms with Crippen molar-refractivity contribution in [3.8, 4) is 0 Å². The van der Waals surface area contributed by atoms with Gasteiger partial charge in [-0.25, -0.2) is 0 Å². The molecule has 0 aliphatic carbocycles. The van der Waals surface area contributed by atoms with Gasteiger partial charge in [0, 0.05) is 19.2 Å². The van der Waals surface area contributed by atoms with Crippen LogP contribution in [0.3, 0.4) is 0 Å². The molecule has 2 nitrogen and oxygen atoms in total. The van der Waals surface area contributed by atoms with Crippen molar-refractivity contribution in [2.45, 2.75) is 20.3 Å². The molecule has 1 heterocycles. The fourth-order valence-corrected chi connectivity index (χ4v) is 1.82. The maximum Gasteiger partial charge on any atom is 0.223 e. The second kappa shape index (κ2) is 2.87. The highest BCUT2D eigenvalue weighted by molar-refractivity contribution is 5.93. The molecular formula is C11H13NO. The average Bonchev–Trinajstić information content (AvgIpc) is 2.46. The molecular weight excluding hydrogens is 162 g/mol. The minimum Gasteiger partial charge on any atom is -0.312 e. The number of rotatable bonds is 0. The van der Waals surface area contributed by atoms with Crippen LogP contribution in [0.25, 0.3) is 0 Å². The van der Waals surface area contributed by atoms with Crippen LogP contribution >= 0.6 is 0 Å². The predicted molar refractivity (Wildman–Crippen MR) is 52.9 cm³/mol. The van der Waals surface area contributed by atoms with Crippen molar-refractivity contribution in [3.63, 3.8) is 0 Å². The minimum absolute atomic E-state index is 0.143. The van der Waals surface area contributed by atoms with Gasteiger partial charge in [0.25, 0.3) is 0 Å². The van der Waals surface area contributed by atoms with Gasteiger partial charge in [-0.05, 0) is 30.5 Å². The molecule has 1 aliphatic rings. The monoisotopic (exact) mass is 175 g/mol. The van der Waals surface area contributed by atoms with E-state index in [2.05, 4.69) is 25.1 Å². The SMILES string of the molecule is CC(=O)N1CCc2ccc(C)cc21. The Balaban J connectivity index is 2.46. The fourth-order valence-electron chi connectivity index (χ4n) is 1.82. The Labute approximate surface area is 78.2 Å². The first kappa shape index (κ1) is 8.30. The van der Waals surface area contributed by atoms with Crippen molar-refractivity contribution < 1.29 is 4.79 Å². The van der Waals surface area contributed by atoms with Crippen LogP contribution in [-0.4, -0.2) is 12.5 Å². The van der Waals surface area contributed by atoms with Crippen molar-refractivity contribution >= 4 is 11.6 Å². The van der Waals surface area contributed by atoms with Crippen molar-refractivity contribution in [2.24, 2.45) is 0 Å². The average molecular weight is 175 g/mol. The maximum absolute atomic E-state index is 11.2. The van der Waals surface area contributed by atoms with Crippen molar-refractivity contribution in [2.75, 3.05) is 11.4 Å². The van der Waals surface area contributed by atoms with Gasteiger partial charge in [-0.3, -0.25) is 4.79 Å². The molecule has 0 atom stereocenters. The van der Waals surface area contributed by atoms with E-state index in [-0.39, 0.29) is 5.91 Å². The molecule has 68 valence electrons. The zero-order chi connectivity index (χ0) is 9.42. The molecule has 13 heavy (non-hydrogen) atoms. The summed E-state index contributed by atoms with van der Waals surface area (Å²) in [5.74, 6) is 0.143. The van der Waals surface area contributed by atoms with E-state index in [1.807, 2.05) is 4.90 Å². The van der Waals surface area contributed by atoms with Crippen molar-refractivity contribution in [1.29, 1.82) is 0 Å². The van der Waals surface area contributed by atoms with Crippen LogP contribution in [-0.2, 0) is 11.2 Å². The summed E-state index contributed by atoms with van der Waals surface area (Å²) in [7, 11) is 0. The van der Waals surface area contributed by atoms with Crippen LogP contribution in [0, 0.1) is 6.92 Å². The third-order valence-electron chi connectivity index (χ3n) is 2.52. The molecule has 0 saturated carbocycles. The molecule has 1 amide bonds. The summed E-state index contributed by atoms with van der Waals surface area (Å²) in [6, 6.07) is 6.31. The number of anilines is 1. The van der Waals surface area contributed by atoms with Crippen LogP contribution < -0.4 is 4.90 Å². The highest BCUT2D eigenvalue weighted by Gasteiger charge is 2.21. The smallest absolute Gasteiger partial charge is 0.223 e. The normalized spacial score (nSPS) is 14.5. The second-order valence-electron chi connectivity index (χ2n) is 3.55. The predicted octanol–water partition coefficient (Wildman–Crippen LogP) is 1.90. The van der Waals surface area contributed by atoms with Crippen molar-refractivity contribution in [1.82, 2.24) is 0 Å². The lowest BCUT2D eigenvalue weighted by molar-refractivity contribution is -0.116. The van der Waals surface area contributed by atoms with Gasteiger partial charge >= 0.3 is 0 Å². The van der Waals surface area contributed by atoms with Gasteiger partial charge < -0.3 is 4.90 Å². The van der Waals surface area contributed by atoms with E-state index in [1.165, 1.54) is 11.1 Å². The Bertz CT molecular complexity index is 357. The molecule has 1 aliphatic heterocycles. The number of benzene rings is 1. The number of fused-ring (bicyclic) bond motifs is 1. The number of hydrogen-bond donors (Lipinski definition) is 0. The zero-order valence-electron chi connectivity index (χ0n) is 8.00. The molecule has 1 aromatic carbocycles. The zero-order valence-corrected chi connectivity index (χ0v) is 8.00. The standard InChI is InChI=1S/C11H13NO/c1-8-3-4-10-5-6-12(9(2)13)11(10)7-8/h3-4,7H,5-6H2,1-2H3. The second-order valence-corrected chi connectivity index (χ2v) is 3.55. The Morgan fingerprint density at radius 2 is 2.23 bits per heavy atom. The van der Waals surface area contributed by atoms with Gasteiger partial charge in [-0.1, -0.05) is 12.1 Å². The number of carbonyl (C=O) groups excluding carboxylic acids is 1. The van der Waals surface area contributed by atoms with Crippen LogP contribution in [0.4, 0.5) is 5.69 Å². The minimum atomic E-state index is 0.143. The van der Waals surface area contributed by atoms with E-state index in [0.717, 1.165) is 18.7 Å². The van der Waals surface area contributed by atoms with Gasteiger partial charge in [0.1, 0.15) is 0 Å². The number of amides is 1. The first-order chi connectivity index (χ1) is 6.18. The molecule has 0 bridgehead atoms. The highest BCUT2D eigenvalue weighted by Crippen LogP contribution is 2.28. The molecule has 2 heteroatoms. The van der Waals surface area contributed by atoms with Gasteiger partial charge in [0.05, 0.1) is 0 Å². The van der Waals surface area contributed by atoms with Crippen LogP contribution in [0.5, 0.6) is 0 Å². The summed E-state index contributed by atoms with van der Waals surface area (Å²) in [5.41, 5.74) is 3.61. The lowest BCUT2D eigenvalue weighted by Gasteiger charge is -2.14. The number of aryl methyl sites for hydroxylation is 1.